The van der Waals surface area contributed by atoms with E-state index in [1.807, 2.05) is 60.7 Å². The van der Waals surface area contributed by atoms with Crippen LogP contribution in [0.2, 0.25) is 0 Å². The van der Waals surface area contributed by atoms with Crippen molar-refractivity contribution in [2.24, 2.45) is 0 Å². The van der Waals surface area contributed by atoms with E-state index >= 15 is 0 Å². The average molecular weight is 717 g/mol. The predicted molar refractivity (Wildman–Crippen MR) is 202 cm³/mol. The minimum atomic E-state index is -0.854. The van der Waals surface area contributed by atoms with Crippen molar-refractivity contribution in [3.05, 3.63) is 149 Å². The second kappa shape index (κ2) is 17.0. The van der Waals surface area contributed by atoms with Crippen LogP contribution in [-0.4, -0.2) is 57.5 Å². The molecule has 0 aliphatic heterocycles. The lowest BCUT2D eigenvalue weighted by molar-refractivity contribution is -0.140. The maximum Gasteiger partial charge on any atom is 0.333 e. The number of ether oxygens (including phenoxy) is 6. The Balaban J connectivity index is 1.55. The van der Waals surface area contributed by atoms with Crippen LogP contribution in [0.5, 0.6) is 17.2 Å². The summed E-state index contributed by atoms with van der Waals surface area (Å²) < 4.78 is 34.0. The van der Waals surface area contributed by atoms with Crippen molar-refractivity contribution >= 4 is 17.9 Å². The normalized spacial score (nSPS) is 12.1. The first-order chi connectivity index (χ1) is 25.4. The summed E-state index contributed by atoms with van der Waals surface area (Å²) >= 11 is 0. The molecule has 1 aliphatic carbocycles. The molecule has 0 amide bonds. The highest BCUT2D eigenvalue weighted by Crippen LogP contribution is 2.59. The van der Waals surface area contributed by atoms with E-state index in [2.05, 4.69) is 50.9 Å². The molecule has 53 heavy (non-hydrogen) atoms. The van der Waals surface area contributed by atoms with Gasteiger partial charge in [-0.15, -0.1) is 0 Å². The van der Waals surface area contributed by atoms with Gasteiger partial charge in [0.15, 0.2) is 0 Å². The minimum Gasteiger partial charge on any atom is -0.490 e. The molecule has 274 valence electrons. The molecule has 1 aliphatic rings. The molecule has 0 spiro atoms. The lowest BCUT2D eigenvalue weighted by Gasteiger charge is -2.35. The highest BCUT2D eigenvalue weighted by molar-refractivity contribution is 5.89. The highest BCUT2D eigenvalue weighted by Gasteiger charge is 2.48. The van der Waals surface area contributed by atoms with E-state index in [1.165, 1.54) is 0 Å². The van der Waals surface area contributed by atoms with Gasteiger partial charge in [-0.1, -0.05) is 79.9 Å². The second-order valence-electron chi connectivity index (χ2n) is 12.8. The molecule has 0 N–H and O–H groups in total. The van der Waals surface area contributed by atoms with Crippen LogP contribution >= 0.6 is 0 Å². The summed E-state index contributed by atoms with van der Waals surface area (Å²) in [4.78, 5) is 35.7. The van der Waals surface area contributed by atoms with E-state index in [0.717, 1.165) is 38.9 Å². The monoisotopic (exact) mass is 716 g/mol. The Hall–Kier alpha value is -6.09. The summed E-state index contributed by atoms with van der Waals surface area (Å²) in [6.45, 7) is 18.4. The molecular formula is C44H44O9. The first-order valence-electron chi connectivity index (χ1n) is 17.3. The summed E-state index contributed by atoms with van der Waals surface area (Å²) in [6.07, 6.45) is 0. The smallest absolute Gasteiger partial charge is 0.333 e. The van der Waals surface area contributed by atoms with Crippen molar-refractivity contribution < 1.29 is 42.8 Å². The first kappa shape index (κ1) is 38.1. The Labute approximate surface area is 310 Å². The van der Waals surface area contributed by atoms with Gasteiger partial charge in [0.05, 0.1) is 5.41 Å². The van der Waals surface area contributed by atoms with Crippen molar-refractivity contribution in [1.82, 2.24) is 0 Å². The van der Waals surface area contributed by atoms with Crippen LogP contribution in [0.25, 0.3) is 11.1 Å². The topological polar surface area (TPSA) is 107 Å². The zero-order chi connectivity index (χ0) is 38.1. The van der Waals surface area contributed by atoms with E-state index in [4.69, 9.17) is 28.4 Å². The Morgan fingerprint density at radius 1 is 0.547 bits per heavy atom. The number of benzene rings is 4. The molecule has 0 radical (unpaired) electrons. The number of rotatable bonds is 17. The molecular weight excluding hydrogens is 672 g/mol. The van der Waals surface area contributed by atoms with Crippen LogP contribution in [0.3, 0.4) is 0 Å². The standard InChI is InChI=1S/C44H44O9/c1-28(2)41(45)51-24-21-48-34-16-12-32(13-17-34)44(33-14-18-35(19-15-33)49-22-25-52-42(46)29(3)4)38-27-31(7)11-20-36(38)37-9-8-10-39(40(37)44)50-23-26-53-43(47)30(5)6/h8-20,27H,1,3,5,21-26H2,2,4,6-7H3. The first-order valence-corrected chi connectivity index (χ1v) is 17.3. The molecule has 0 aromatic heterocycles. The van der Waals surface area contributed by atoms with Crippen molar-refractivity contribution in [2.45, 2.75) is 33.1 Å². The fourth-order valence-corrected chi connectivity index (χ4v) is 6.21. The van der Waals surface area contributed by atoms with E-state index in [9.17, 15) is 14.4 Å². The maximum atomic E-state index is 12.1. The Kier molecular flexibility index (Phi) is 12.2. The fraction of sp³-hybridized carbons (Fsp3) is 0.250. The van der Waals surface area contributed by atoms with Gasteiger partial charge < -0.3 is 28.4 Å². The van der Waals surface area contributed by atoms with Gasteiger partial charge in [0.1, 0.15) is 56.9 Å². The number of esters is 3. The van der Waals surface area contributed by atoms with Gasteiger partial charge in [0.25, 0.3) is 0 Å². The SMILES string of the molecule is C=C(C)C(=O)OCCOc1ccc(C2(c3ccc(OCCOC(=O)C(=C)C)cc3)c3cc(C)ccc3-c3cccc(OCCOC(=O)C(=C)C)c32)cc1. The zero-order valence-corrected chi connectivity index (χ0v) is 30.6. The Bertz CT molecular complexity index is 1950. The van der Waals surface area contributed by atoms with Crippen LogP contribution in [-0.2, 0) is 34.0 Å². The molecule has 0 unspecified atom stereocenters. The van der Waals surface area contributed by atoms with E-state index < -0.39 is 23.3 Å². The summed E-state index contributed by atoms with van der Waals surface area (Å²) in [6, 6.07) is 28.1. The lowest BCUT2D eigenvalue weighted by Crippen LogP contribution is -2.29. The maximum absolute atomic E-state index is 12.1. The van der Waals surface area contributed by atoms with Crippen molar-refractivity contribution in [1.29, 1.82) is 0 Å². The molecule has 0 saturated heterocycles. The predicted octanol–water partition coefficient (Wildman–Crippen LogP) is 7.85. The van der Waals surface area contributed by atoms with Crippen molar-refractivity contribution in [3.8, 4) is 28.4 Å². The molecule has 4 aromatic carbocycles. The van der Waals surface area contributed by atoms with Crippen LogP contribution in [0.1, 0.15) is 48.6 Å². The van der Waals surface area contributed by atoms with E-state index in [1.54, 1.807) is 20.8 Å². The molecule has 5 rings (SSSR count). The van der Waals surface area contributed by atoms with Gasteiger partial charge in [-0.2, -0.15) is 0 Å². The third-order valence-electron chi connectivity index (χ3n) is 8.64. The molecule has 4 aromatic rings. The molecule has 0 bridgehead atoms. The molecule has 0 heterocycles. The number of hydrogen-bond donors (Lipinski definition) is 0. The number of aryl methyl sites for hydroxylation is 1. The second-order valence-corrected chi connectivity index (χ2v) is 12.8. The van der Waals surface area contributed by atoms with Crippen LogP contribution in [0.4, 0.5) is 0 Å². The average Bonchev–Trinajstić information content (AvgIpc) is 3.44. The van der Waals surface area contributed by atoms with Crippen LogP contribution < -0.4 is 14.2 Å². The summed E-state index contributed by atoms with van der Waals surface area (Å²) in [7, 11) is 0. The van der Waals surface area contributed by atoms with Gasteiger partial charge in [-0.3, -0.25) is 0 Å². The zero-order valence-electron chi connectivity index (χ0n) is 30.6. The third-order valence-corrected chi connectivity index (χ3v) is 8.64. The quantitative estimate of drug-likeness (QED) is 0.0412. The van der Waals surface area contributed by atoms with Crippen LogP contribution in [0.15, 0.2) is 121 Å². The molecule has 0 atom stereocenters. The largest absolute Gasteiger partial charge is 0.490 e. The molecule has 0 fully saturated rings. The summed E-state index contributed by atoms with van der Waals surface area (Å²) in [5, 5.41) is 0. The van der Waals surface area contributed by atoms with E-state index in [-0.39, 0.29) is 39.6 Å². The molecule has 9 nitrogen and oxygen atoms in total. The van der Waals surface area contributed by atoms with E-state index in [0.29, 0.717) is 34.0 Å². The van der Waals surface area contributed by atoms with Gasteiger partial charge in [-0.25, -0.2) is 14.4 Å². The number of hydrogen-bond acceptors (Lipinski definition) is 9. The lowest BCUT2D eigenvalue weighted by atomic mass is 9.67. The Morgan fingerprint density at radius 2 is 1.00 bits per heavy atom. The number of carbonyl (C=O) groups excluding carboxylic acids is 3. The van der Waals surface area contributed by atoms with Gasteiger partial charge in [-0.05, 0) is 85.8 Å². The van der Waals surface area contributed by atoms with Crippen molar-refractivity contribution in [3.63, 3.8) is 0 Å². The fourth-order valence-electron chi connectivity index (χ4n) is 6.21. The third kappa shape index (κ3) is 8.52. The molecule has 0 saturated carbocycles. The van der Waals surface area contributed by atoms with Gasteiger partial charge in [0, 0.05) is 22.3 Å². The summed E-state index contributed by atoms with van der Waals surface area (Å²) in [5.74, 6) is 0.457. The minimum absolute atomic E-state index is 0.0514. The highest BCUT2D eigenvalue weighted by atomic mass is 16.6. The number of carbonyl (C=O) groups is 3. The number of fused-ring (bicyclic) bond motifs is 3. The Morgan fingerprint density at radius 3 is 1.45 bits per heavy atom. The van der Waals surface area contributed by atoms with Crippen molar-refractivity contribution in [2.75, 3.05) is 39.6 Å². The van der Waals surface area contributed by atoms with Gasteiger partial charge in [0.2, 0.25) is 0 Å². The van der Waals surface area contributed by atoms with Gasteiger partial charge >= 0.3 is 17.9 Å². The summed E-state index contributed by atoms with van der Waals surface area (Å²) in [5.41, 5.74) is 7.18. The van der Waals surface area contributed by atoms with Crippen LogP contribution in [0, 0.1) is 6.92 Å². The molecule has 9 heteroatoms.